The number of hydrogen-bond acceptors (Lipinski definition) is 1. The molecule has 11 heavy (non-hydrogen) atoms. The number of benzene rings is 1. The van der Waals surface area contributed by atoms with Crippen molar-refractivity contribution in [1.82, 2.24) is 0 Å². The van der Waals surface area contributed by atoms with Crippen molar-refractivity contribution in [3.63, 3.8) is 0 Å². The van der Waals surface area contributed by atoms with E-state index in [-0.39, 0.29) is 0 Å². The Morgan fingerprint density at radius 1 is 1.45 bits per heavy atom. The largest absolute Gasteiger partial charge is 0.123 e. The summed E-state index contributed by atoms with van der Waals surface area (Å²) in [4.78, 5) is 1.35. The van der Waals surface area contributed by atoms with E-state index < -0.39 is 0 Å². The first-order valence-corrected chi connectivity index (χ1v) is 4.83. The molecule has 0 aliphatic rings. The number of thioether (sulfide) groups is 1. The van der Waals surface area contributed by atoms with Gasteiger partial charge in [0.05, 0.1) is 0 Å². The first-order chi connectivity index (χ1) is 5.33. The lowest BCUT2D eigenvalue weighted by Gasteiger charge is -2.06. The highest BCUT2D eigenvalue weighted by Gasteiger charge is 1.99. The molecule has 59 valence electrons. The minimum Gasteiger partial charge on any atom is -0.123 e. The van der Waals surface area contributed by atoms with E-state index in [1.807, 2.05) is 23.9 Å². The molecule has 0 saturated heterocycles. The fraction of sp³-hybridized carbons (Fsp3) is 0.400. The predicted molar refractivity (Wildman–Crippen MR) is 50.9 cm³/mol. The van der Waals surface area contributed by atoms with Crippen molar-refractivity contribution in [3.05, 3.63) is 30.3 Å². The Labute approximate surface area is 73.0 Å². The summed E-state index contributed by atoms with van der Waals surface area (Å²) in [5, 5.41) is 0.720. The number of hydrogen-bond donors (Lipinski definition) is 0. The minimum atomic E-state index is 0.720. The zero-order valence-electron chi connectivity index (χ0n) is 7.00. The van der Waals surface area contributed by atoms with Crippen molar-refractivity contribution in [2.45, 2.75) is 30.4 Å². The minimum absolute atomic E-state index is 0.720. The van der Waals surface area contributed by atoms with Gasteiger partial charge in [-0.1, -0.05) is 26.0 Å². The van der Waals surface area contributed by atoms with E-state index >= 15 is 0 Å². The molecule has 0 spiro atoms. The van der Waals surface area contributed by atoms with Crippen LogP contribution in [0.5, 0.6) is 0 Å². The summed E-state index contributed by atoms with van der Waals surface area (Å²) in [7, 11) is 0. The van der Waals surface area contributed by atoms with Crippen LogP contribution in [0.3, 0.4) is 0 Å². The van der Waals surface area contributed by atoms with Gasteiger partial charge < -0.3 is 0 Å². The van der Waals surface area contributed by atoms with Gasteiger partial charge in [-0.25, -0.2) is 0 Å². The van der Waals surface area contributed by atoms with Crippen LogP contribution in [0.15, 0.2) is 29.2 Å². The predicted octanol–water partition coefficient (Wildman–Crippen LogP) is 3.38. The summed E-state index contributed by atoms with van der Waals surface area (Å²) in [6, 6.07) is 11.2. The maximum atomic E-state index is 3.01. The molecule has 1 aromatic carbocycles. The van der Waals surface area contributed by atoms with Gasteiger partial charge in [-0.2, -0.15) is 0 Å². The number of rotatable bonds is 3. The monoisotopic (exact) mass is 165 g/mol. The van der Waals surface area contributed by atoms with Crippen LogP contribution in [0.4, 0.5) is 0 Å². The average Bonchev–Trinajstić information content (AvgIpc) is 2.06. The second-order valence-corrected chi connectivity index (χ2v) is 4.08. The van der Waals surface area contributed by atoms with Crippen LogP contribution in [0.1, 0.15) is 20.3 Å². The lowest BCUT2D eigenvalue weighted by molar-refractivity contribution is 0.905. The third kappa shape index (κ3) is 2.98. The first-order valence-electron chi connectivity index (χ1n) is 3.95. The van der Waals surface area contributed by atoms with Gasteiger partial charge in [0, 0.05) is 10.1 Å². The Bertz CT molecular complexity index is 193. The Morgan fingerprint density at radius 3 is 2.64 bits per heavy atom. The third-order valence-electron chi connectivity index (χ3n) is 1.60. The van der Waals surface area contributed by atoms with Crippen LogP contribution >= 0.6 is 11.8 Å². The average molecular weight is 165 g/mol. The lowest BCUT2D eigenvalue weighted by Crippen LogP contribution is -1.90. The fourth-order valence-corrected chi connectivity index (χ4v) is 1.69. The highest BCUT2D eigenvalue weighted by molar-refractivity contribution is 7.99. The molecule has 0 saturated carbocycles. The quantitative estimate of drug-likeness (QED) is 0.619. The van der Waals surface area contributed by atoms with Gasteiger partial charge in [-0.3, -0.25) is 0 Å². The maximum absolute atomic E-state index is 3.01. The smallest absolute Gasteiger partial charge is 0.00751 e. The van der Waals surface area contributed by atoms with E-state index in [9.17, 15) is 0 Å². The van der Waals surface area contributed by atoms with Gasteiger partial charge in [0.1, 0.15) is 0 Å². The zero-order chi connectivity index (χ0) is 8.10. The van der Waals surface area contributed by atoms with Gasteiger partial charge >= 0.3 is 0 Å². The van der Waals surface area contributed by atoms with E-state index in [1.54, 1.807) is 0 Å². The third-order valence-corrected chi connectivity index (χ3v) is 2.88. The zero-order valence-corrected chi connectivity index (χ0v) is 7.82. The molecule has 0 aromatic heterocycles. The van der Waals surface area contributed by atoms with Crippen LogP contribution in [0.2, 0.25) is 0 Å². The summed E-state index contributed by atoms with van der Waals surface area (Å²) >= 11 is 1.92. The molecule has 1 aromatic rings. The van der Waals surface area contributed by atoms with Crippen LogP contribution < -0.4 is 0 Å². The molecule has 0 nitrogen and oxygen atoms in total. The van der Waals surface area contributed by atoms with Crippen molar-refractivity contribution in [2.75, 3.05) is 0 Å². The Kier molecular flexibility index (Phi) is 3.50. The topological polar surface area (TPSA) is 0 Å². The van der Waals surface area contributed by atoms with E-state index in [1.165, 1.54) is 11.3 Å². The van der Waals surface area contributed by atoms with Crippen molar-refractivity contribution in [2.24, 2.45) is 0 Å². The van der Waals surface area contributed by atoms with E-state index in [4.69, 9.17) is 0 Å². The summed E-state index contributed by atoms with van der Waals surface area (Å²) in [5.74, 6) is 0. The molecule has 0 N–H and O–H groups in total. The molecule has 0 heterocycles. The molecule has 0 bridgehead atoms. The van der Waals surface area contributed by atoms with Gasteiger partial charge in [0.15, 0.2) is 0 Å². The van der Waals surface area contributed by atoms with Crippen LogP contribution in [0, 0.1) is 6.07 Å². The summed E-state index contributed by atoms with van der Waals surface area (Å²) in [5.41, 5.74) is 0. The molecular weight excluding hydrogens is 152 g/mol. The molecule has 0 aliphatic carbocycles. The summed E-state index contributed by atoms with van der Waals surface area (Å²) in [6.45, 7) is 4.47. The molecule has 1 unspecified atom stereocenters. The molecule has 0 amide bonds. The highest BCUT2D eigenvalue weighted by Crippen LogP contribution is 2.23. The molecular formula is C10H13S. The Morgan fingerprint density at radius 2 is 2.09 bits per heavy atom. The van der Waals surface area contributed by atoms with Gasteiger partial charge in [-0.15, -0.1) is 11.8 Å². The van der Waals surface area contributed by atoms with Crippen LogP contribution in [0.25, 0.3) is 0 Å². The highest BCUT2D eigenvalue weighted by atomic mass is 32.2. The van der Waals surface area contributed by atoms with Crippen LogP contribution in [-0.4, -0.2) is 5.25 Å². The summed E-state index contributed by atoms with van der Waals surface area (Å²) in [6.07, 6.45) is 1.23. The standard InChI is InChI=1S/C10H13S/c1-3-9(2)11-10-7-5-4-6-8-10/h5-9H,3H2,1-2H3. The van der Waals surface area contributed by atoms with Crippen LogP contribution in [-0.2, 0) is 0 Å². The Hall–Kier alpha value is -0.430. The second kappa shape index (κ2) is 4.45. The molecule has 1 heteroatoms. The second-order valence-electron chi connectivity index (χ2n) is 2.57. The SMILES string of the molecule is CCC(C)Sc1cc[c]cc1. The normalized spacial score (nSPS) is 12.9. The molecule has 1 atom stereocenters. The van der Waals surface area contributed by atoms with E-state index in [0.29, 0.717) is 0 Å². The maximum Gasteiger partial charge on any atom is 0.00751 e. The molecule has 0 fully saturated rings. The molecule has 1 rings (SSSR count). The van der Waals surface area contributed by atoms with E-state index in [2.05, 4.69) is 32.0 Å². The van der Waals surface area contributed by atoms with Crippen molar-refractivity contribution >= 4 is 11.8 Å². The first kappa shape index (κ1) is 8.66. The van der Waals surface area contributed by atoms with Gasteiger partial charge in [0.2, 0.25) is 0 Å². The van der Waals surface area contributed by atoms with Crippen molar-refractivity contribution < 1.29 is 0 Å². The Balaban J connectivity index is 2.51. The fourth-order valence-electron chi connectivity index (χ4n) is 0.766. The van der Waals surface area contributed by atoms with Gasteiger partial charge in [-0.05, 0) is 24.6 Å². The van der Waals surface area contributed by atoms with E-state index in [0.717, 1.165) is 5.25 Å². The molecule has 0 aliphatic heterocycles. The summed E-state index contributed by atoms with van der Waals surface area (Å²) < 4.78 is 0. The lowest BCUT2D eigenvalue weighted by atomic mass is 10.4. The molecule has 1 radical (unpaired) electrons. The van der Waals surface area contributed by atoms with Crippen molar-refractivity contribution in [1.29, 1.82) is 0 Å². The van der Waals surface area contributed by atoms with Gasteiger partial charge in [0.25, 0.3) is 0 Å². The van der Waals surface area contributed by atoms with Crippen molar-refractivity contribution in [3.8, 4) is 0 Å².